The van der Waals surface area contributed by atoms with Crippen molar-refractivity contribution in [2.45, 2.75) is 25.3 Å². The van der Waals surface area contributed by atoms with Crippen molar-refractivity contribution in [2.24, 2.45) is 5.92 Å². The highest BCUT2D eigenvalue weighted by molar-refractivity contribution is 5.92. The zero-order valence-corrected chi connectivity index (χ0v) is 14.2. The molecule has 2 aliphatic rings. The molecule has 1 saturated carbocycles. The Morgan fingerprint density at radius 3 is 2.96 bits per heavy atom. The van der Waals surface area contributed by atoms with Gasteiger partial charge < -0.3 is 10.0 Å². The number of benzene rings is 1. The van der Waals surface area contributed by atoms with Crippen LogP contribution in [-0.4, -0.2) is 32.0 Å². The number of aromatic nitrogens is 3. The number of carbonyl (C=O) groups excluding carboxylic acids is 1. The molecule has 1 aromatic carbocycles. The number of rotatable bonds is 3. The van der Waals surface area contributed by atoms with Crippen LogP contribution in [0, 0.1) is 11.7 Å². The van der Waals surface area contributed by atoms with E-state index in [2.05, 4.69) is 15.0 Å². The summed E-state index contributed by atoms with van der Waals surface area (Å²) >= 11 is 0. The minimum atomic E-state index is -0.427. The molecule has 1 saturated heterocycles. The molecule has 132 valence electrons. The Morgan fingerprint density at radius 1 is 1.35 bits per heavy atom. The van der Waals surface area contributed by atoms with Crippen LogP contribution < -0.4 is 4.90 Å². The van der Waals surface area contributed by atoms with Crippen LogP contribution in [-0.2, 0) is 5.54 Å². The molecule has 2 atom stereocenters. The molecule has 2 aromatic heterocycles. The molecule has 0 radical (unpaired) electrons. The van der Waals surface area contributed by atoms with Crippen molar-refractivity contribution in [2.75, 3.05) is 11.4 Å². The molecule has 3 heterocycles. The zero-order chi connectivity index (χ0) is 18.1. The first kappa shape index (κ1) is 15.3. The molecule has 0 spiro atoms. The van der Waals surface area contributed by atoms with Gasteiger partial charge in [-0.3, -0.25) is 4.79 Å². The first-order valence-electron chi connectivity index (χ1n) is 8.63. The van der Waals surface area contributed by atoms with E-state index in [-0.39, 0.29) is 17.3 Å². The molecule has 0 amide bonds. The van der Waals surface area contributed by atoms with E-state index in [1.807, 2.05) is 12.1 Å². The average Bonchev–Trinajstić information content (AvgIpc) is 3.00. The Labute approximate surface area is 148 Å². The molecule has 26 heavy (non-hydrogen) atoms. The lowest BCUT2D eigenvalue weighted by atomic mass is 10.0. The molecule has 1 aliphatic carbocycles. The summed E-state index contributed by atoms with van der Waals surface area (Å²) in [6.07, 6.45) is 3.33. The molecular weight excluding hydrogens is 335 g/mol. The highest BCUT2D eigenvalue weighted by atomic mass is 19.1. The number of nitrogens with zero attached hydrogens (tertiary/aromatic N) is 4. The number of carbonyl (C=O) groups is 1. The summed E-state index contributed by atoms with van der Waals surface area (Å²) in [5.41, 5.74) is 1.22. The molecule has 7 heteroatoms. The summed E-state index contributed by atoms with van der Waals surface area (Å²) in [7, 11) is 0. The Morgan fingerprint density at radius 2 is 2.19 bits per heavy atom. The van der Waals surface area contributed by atoms with E-state index in [0.717, 1.165) is 19.4 Å². The van der Waals surface area contributed by atoms with Crippen LogP contribution in [0.5, 0.6) is 5.75 Å². The van der Waals surface area contributed by atoms with Gasteiger partial charge in [0.05, 0.1) is 11.7 Å². The lowest BCUT2D eigenvalue weighted by Gasteiger charge is -2.30. The summed E-state index contributed by atoms with van der Waals surface area (Å²) in [6.45, 7) is 2.25. The largest absolute Gasteiger partial charge is 0.508 e. The standard InChI is InChI=1S/C19H17FN4O2/c1-11(25)15-10-21-17-4-5-18(22-24(15)17)23-7-6-12-9-19(12,23)14-8-13(20)2-3-16(14)26/h2-5,8,10,12,26H,6-7,9H2,1H3. The Kier molecular flexibility index (Phi) is 2.96. The number of phenolic OH excluding ortho intramolecular Hbond substituents is 1. The van der Waals surface area contributed by atoms with Gasteiger partial charge in [0.2, 0.25) is 0 Å². The van der Waals surface area contributed by atoms with Crippen LogP contribution in [0.3, 0.4) is 0 Å². The quantitative estimate of drug-likeness (QED) is 0.734. The fourth-order valence-electron chi connectivity index (χ4n) is 4.37. The van der Waals surface area contributed by atoms with Crippen molar-refractivity contribution in [3.63, 3.8) is 0 Å². The van der Waals surface area contributed by atoms with E-state index >= 15 is 0 Å². The molecule has 1 N–H and O–H groups in total. The maximum atomic E-state index is 13.8. The van der Waals surface area contributed by atoms with Gasteiger partial charge in [0.25, 0.3) is 0 Å². The van der Waals surface area contributed by atoms with E-state index in [4.69, 9.17) is 0 Å². The lowest BCUT2D eigenvalue weighted by molar-refractivity contribution is 0.101. The van der Waals surface area contributed by atoms with Crippen molar-refractivity contribution in [1.29, 1.82) is 0 Å². The second-order valence-electron chi connectivity index (χ2n) is 7.09. The SMILES string of the molecule is CC(=O)c1cnc2ccc(N3CCC4CC43c3cc(F)ccc3O)nn12. The second-order valence-corrected chi connectivity index (χ2v) is 7.09. The summed E-state index contributed by atoms with van der Waals surface area (Å²) in [5.74, 6) is 0.699. The van der Waals surface area contributed by atoms with E-state index in [9.17, 15) is 14.3 Å². The maximum Gasteiger partial charge on any atom is 0.179 e. The Hall–Kier alpha value is -2.96. The highest BCUT2D eigenvalue weighted by Crippen LogP contribution is 2.64. The van der Waals surface area contributed by atoms with Gasteiger partial charge in [-0.05, 0) is 49.1 Å². The predicted molar refractivity (Wildman–Crippen MR) is 92.8 cm³/mol. The van der Waals surface area contributed by atoms with Crippen molar-refractivity contribution < 1.29 is 14.3 Å². The smallest absolute Gasteiger partial charge is 0.179 e. The average molecular weight is 352 g/mol. The number of Topliss-reactive ketones (excluding diaryl/α,β-unsaturated/α-hetero) is 1. The number of hydrogen-bond acceptors (Lipinski definition) is 5. The normalized spacial score (nSPS) is 24.1. The van der Waals surface area contributed by atoms with Gasteiger partial charge >= 0.3 is 0 Å². The van der Waals surface area contributed by atoms with Crippen molar-refractivity contribution in [3.8, 4) is 5.75 Å². The number of aromatic hydroxyl groups is 1. The third-order valence-corrected chi connectivity index (χ3v) is 5.67. The number of halogens is 1. The third kappa shape index (κ3) is 1.94. The van der Waals surface area contributed by atoms with Crippen LogP contribution >= 0.6 is 0 Å². The number of piperidine rings is 1. The van der Waals surface area contributed by atoms with Gasteiger partial charge in [-0.1, -0.05) is 0 Å². The fraction of sp³-hybridized carbons (Fsp3) is 0.316. The van der Waals surface area contributed by atoms with Gasteiger partial charge in [-0.15, -0.1) is 5.10 Å². The number of ketones is 1. The minimum Gasteiger partial charge on any atom is -0.508 e. The third-order valence-electron chi connectivity index (χ3n) is 5.67. The summed E-state index contributed by atoms with van der Waals surface area (Å²) in [6, 6.07) is 7.78. The van der Waals surface area contributed by atoms with Gasteiger partial charge in [-0.25, -0.2) is 13.9 Å². The lowest BCUT2D eigenvalue weighted by Crippen LogP contribution is -2.34. The fourth-order valence-corrected chi connectivity index (χ4v) is 4.37. The van der Waals surface area contributed by atoms with E-state index < -0.39 is 5.54 Å². The molecular formula is C19H17FN4O2. The van der Waals surface area contributed by atoms with Crippen LogP contribution in [0.15, 0.2) is 36.5 Å². The molecule has 2 unspecified atom stereocenters. The summed E-state index contributed by atoms with van der Waals surface area (Å²) in [5, 5.41) is 15.0. The minimum absolute atomic E-state index is 0.105. The predicted octanol–water partition coefficient (Wildman–Crippen LogP) is 2.90. The molecule has 5 rings (SSSR count). The molecule has 6 nitrogen and oxygen atoms in total. The second kappa shape index (κ2) is 5.03. The molecule has 2 fully saturated rings. The van der Waals surface area contributed by atoms with Gasteiger partial charge in [0, 0.05) is 19.0 Å². The summed E-state index contributed by atoms with van der Waals surface area (Å²) in [4.78, 5) is 18.1. The van der Waals surface area contributed by atoms with Crippen molar-refractivity contribution in [1.82, 2.24) is 14.6 Å². The number of imidazole rings is 1. The maximum absolute atomic E-state index is 13.8. The van der Waals surface area contributed by atoms with Crippen LogP contribution in [0.2, 0.25) is 0 Å². The van der Waals surface area contributed by atoms with E-state index in [0.29, 0.717) is 28.6 Å². The Balaban J connectivity index is 1.64. The molecule has 0 bridgehead atoms. The van der Waals surface area contributed by atoms with Crippen molar-refractivity contribution in [3.05, 3.63) is 53.6 Å². The number of fused-ring (bicyclic) bond motifs is 2. The number of anilines is 1. The van der Waals surface area contributed by atoms with Crippen LogP contribution in [0.1, 0.15) is 35.8 Å². The first-order chi connectivity index (χ1) is 12.5. The topological polar surface area (TPSA) is 70.7 Å². The molecule has 3 aromatic rings. The monoisotopic (exact) mass is 352 g/mol. The number of hydrogen-bond donors (Lipinski definition) is 1. The summed E-state index contributed by atoms with van der Waals surface area (Å²) < 4.78 is 15.4. The first-order valence-corrected chi connectivity index (χ1v) is 8.63. The van der Waals surface area contributed by atoms with Gasteiger partial charge in [0.15, 0.2) is 11.4 Å². The highest BCUT2D eigenvalue weighted by Gasteiger charge is 2.64. The molecule has 1 aliphatic heterocycles. The van der Waals surface area contributed by atoms with Gasteiger partial charge in [0.1, 0.15) is 23.1 Å². The van der Waals surface area contributed by atoms with Gasteiger partial charge in [-0.2, -0.15) is 0 Å². The zero-order valence-electron chi connectivity index (χ0n) is 14.2. The van der Waals surface area contributed by atoms with E-state index in [1.54, 1.807) is 4.52 Å². The van der Waals surface area contributed by atoms with E-state index in [1.165, 1.54) is 31.3 Å². The number of phenols is 1. The Bertz CT molecular complexity index is 1060. The van der Waals surface area contributed by atoms with Crippen LogP contribution in [0.25, 0.3) is 5.65 Å². The van der Waals surface area contributed by atoms with Crippen molar-refractivity contribution >= 4 is 17.2 Å². The van der Waals surface area contributed by atoms with Crippen LogP contribution in [0.4, 0.5) is 10.2 Å².